The van der Waals surface area contributed by atoms with Crippen LogP contribution in [0.15, 0.2) is 12.2 Å². The van der Waals surface area contributed by atoms with E-state index in [1.54, 1.807) is 6.08 Å². The van der Waals surface area contributed by atoms with Crippen LogP contribution in [0.1, 0.15) is 84.0 Å². The average molecular weight is 542 g/mol. The first-order valence-electron chi connectivity index (χ1n) is 13.0. The Bertz CT molecular complexity index is 734. The molecule has 0 amide bonds. The van der Waals surface area contributed by atoms with Crippen molar-refractivity contribution < 1.29 is 48.3 Å². The Morgan fingerprint density at radius 1 is 0.917 bits per heavy atom. The second kappa shape index (κ2) is 16.3. The van der Waals surface area contributed by atoms with Gasteiger partial charge in [-0.1, -0.05) is 83.3 Å². The molecule has 2 unspecified atom stereocenters. The summed E-state index contributed by atoms with van der Waals surface area (Å²) in [5.41, 5.74) is 5.80. The van der Waals surface area contributed by atoms with Gasteiger partial charge in [0.25, 0.3) is 10.1 Å². The molecule has 1 aliphatic rings. The molecule has 36 heavy (non-hydrogen) atoms. The van der Waals surface area contributed by atoms with E-state index in [4.69, 9.17) is 10.5 Å². The molecule has 214 valence electrons. The Balaban J connectivity index is 2.59. The maximum absolute atomic E-state index is 12.1. The van der Waals surface area contributed by atoms with Crippen LogP contribution in [0.2, 0.25) is 0 Å². The molecule has 1 fully saturated rings. The molecular weight excluding hydrogens is 494 g/mol. The number of aliphatic hydroxyl groups is 6. The molecule has 12 heteroatoms. The van der Waals surface area contributed by atoms with Crippen molar-refractivity contribution in [1.82, 2.24) is 0 Å². The fraction of sp³-hybridized carbons (Fsp3) is 0.917. The standard InChI is InChI=1S/C24H47NO10S/c1-2-3-4-5-6-7-8-9-10-11-12-13-14-15-17(27)22(25)24(31,36(32,33)34)23-21(30)20(29)19(28)18(16-26)35-23/h14-15,17-23,26-31H,2-13,16,25H2,1H3,(H,32,33,34)/b15-14+/t17-,18-,19+,20+,21-,22-,23?,24?/m1/s1. The summed E-state index contributed by atoms with van der Waals surface area (Å²) in [6.07, 6.45) is 4.67. The van der Waals surface area contributed by atoms with Gasteiger partial charge in [0.15, 0.2) is 0 Å². The summed E-state index contributed by atoms with van der Waals surface area (Å²) in [6.45, 7) is 1.31. The third-order valence-corrected chi connectivity index (χ3v) is 8.20. The minimum atomic E-state index is -5.49. The molecule has 11 nitrogen and oxygen atoms in total. The van der Waals surface area contributed by atoms with Crippen LogP contribution < -0.4 is 5.73 Å². The van der Waals surface area contributed by atoms with Gasteiger partial charge in [-0.25, -0.2) is 0 Å². The summed E-state index contributed by atoms with van der Waals surface area (Å²) < 4.78 is 39.0. The molecule has 0 aromatic heterocycles. The number of aliphatic hydroxyl groups excluding tert-OH is 5. The second-order valence-corrected chi connectivity index (χ2v) is 11.3. The van der Waals surface area contributed by atoms with Crippen LogP contribution in [0.25, 0.3) is 0 Å². The molecule has 0 aromatic rings. The van der Waals surface area contributed by atoms with E-state index in [0.717, 1.165) is 25.7 Å². The van der Waals surface area contributed by atoms with E-state index in [1.807, 2.05) is 0 Å². The number of hydrogen-bond acceptors (Lipinski definition) is 10. The monoisotopic (exact) mass is 541 g/mol. The SMILES string of the molecule is CCCCCCCCCCCCC/C=C/[C@@H](O)[C@@H](N)C(O)(C1O[C@H](CO)[C@H](O)[C@H](O)[C@H]1O)S(=O)(=O)O. The highest BCUT2D eigenvalue weighted by molar-refractivity contribution is 7.87. The molecule has 1 rings (SSSR count). The van der Waals surface area contributed by atoms with Gasteiger partial charge >= 0.3 is 0 Å². The van der Waals surface area contributed by atoms with Crippen molar-refractivity contribution in [3.63, 3.8) is 0 Å². The van der Waals surface area contributed by atoms with Crippen LogP contribution in [0.4, 0.5) is 0 Å². The first kappa shape index (κ1) is 33.4. The van der Waals surface area contributed by atoms with E-state index in [-0.39, 0.29) is 0 Å². The van der Waals surface area contributed by atoms with Crippen molar-refractivity contribution in [3.05, 3.63) is 12.2 Å². The average Bonchev–Trinajstić information content (AvgIpc) is 2.83. The zero-order valence-corrected chi connectivity index (χ0v) is 22.0. The Labute approximate surface area is 214 Å². The summed E-state index contributed by atoms with van der Waals surface area (Å²) in [4.78, 5) is -3.46. The van der Waals surface area contributed by atoms with Gasteiger partial charge in [-0.3, -0.25) is 4.55 Å². The quantitative estimate of drug-likeness (QED) is 0.0674. The Kier molecular flexibility index (Phi) is 15.1. The van der Waals surface area contributed by atoms with Gasteiger partial charge in [0.1, 0.15) is 30.5 Å². The lowest BCUT2D eigenvalue weighted by Crippen LogP contribution is -2.73. The number of rotatable bonds is 18. The van der Waals surface area contributed by atoms with Crippen LogP contribution in [0.5, 0.6) is 0 Å². The molecule has 1 aliphatic heterocycles. The normalized spacial score (nSPS) is 28.8. The third-order valence-electron chi connectivity index (χ3n) is 6.87. The van der Waals surface area contributed by atoms with Crippen LogP contribution >= 0.6 is 0 Å². The molecule has 9 N–H and O–H groups in total. The summed E-state index contributed by atoms with van der Waals surface area (Å²) >= 11 is 0. The summed E-state index contributed by atoms with van der Waals surface area (Å²) in [6, 6.07) is -2.09. The first-order valence-corrected chi connectivity index (χ1v) is 14.5. The number of unbranched alkanes of at least 4 members (excludes halogenated alkanes) is 11. The smallest absolute Gasteiger partial charge is 0.299 e. The van der Waals surface area contributed by atoms with E-state index in [2.05, 4.69) is 6.92 Å². The van der Waals surface area contributed by atoms with Gasteiger partial charge in [0.2, 0.25) is 4.93 Å². The molecule has 0 aliphatic carbocycles. The van der Waals surface area contributed by atoms with E-state index in [1.165, 1.54) is 51.0 Å². The van der Waals surface area contributed by atoms with Crippen LogP contribution in [-0.4, -0.2) is 97.8 Å². The molecule has 0 aromatic carbocycles. The van der Waals surface area contributed by atoms with Crippen molar-refractivity contribution in [3.8, 4) is 0 Å². The summed E-state index contributed by atoms with van der Waals surface area (Å²) in [5, 5.41) is 60.7. The summed E-state index contributed by atoms with van der Waals surface area (Å²) in [5.74, 6) is 0. The van der Waals surface area contributed by atoms with E-state index in [9.17, 15) is 43.6 Å². The van der Waals surface area contributed by atoms with Crippen molar-refractivity contribution in [2.45, 2.75) is 132 Å². The highest BCUT2D eigenvalue weighted by Crippen LogP contribution is 2.34. The predicted octanol–water partition coefficient (Wildman–Crippen LogP) is 0.351. The van der Waals surface area contributed by atoms with Gasteiger partial charge in [-0.2, -0.15) is 8.42 Å². The zero-order chi connectivity index (χ0) is 27.4. The Morgan fingerprint density at radius 3 is 1.89 bits per heavy atom. The maximum atomic E-state index is 12.1. The molecule has 0 spiro atoms. The lowest BCUT2D eigenvalue weighted by Gasteiger charge is -2.47. The van der Waals surface area contributed by atoms with Crippen molar-refractivity contribution in [1.29, 1.82) is 0 Å². The van der Waals surface area contributed by atoms with Crippen LogP contribution in [0, 0.1) is 0 Å². The number of ether oxygens (including phenoxy) is 1. The lowest BCUT2D eigenvalue weighted by molar-refractivity contribution is -0.260. The predicted molar refractivity (Wildman–Crippen MR) is 134 cm³/mol. The van der Waals surface area contributed by atoms with Crippen LogP contribution in [-0.2, 0) is 14.9 Å². The largest absolute Gasteiger partial charge is 0.394 e. The fourth-order valence-electron chi connectivity index (χ4n) is 4.48. The number of nitrogens with two attached hydrogens (primary N) is 1. The third kappa shape index (κ3) is 9.26. The molecular formula is C24H47NO10S. The van der Waals surface area contributed by atoms with Gasteiger partial charge in [0.05, 0.1) is 18.8 Å². The molecule has 0 bridgehead atoms. The van der Waals surface area contributed by atoms with Gasteiger partial charge < -0.3 is 41.1 Å². The summed E-state index contributed by atoms with van der Waals surface area (Å²) in [7, 11) is -5.49. The van der Waals surface area contributed by atoms with Gasteiger partial charge in [-0.15, -0.1) is 0 Å². The molecule has 1 heterocycles. The fourth-order valence-corrected chi connectivity index (χ4v) is 5.45. The molecule has 0 saturated carbocycles. The molecule has 1 saturated heterocycles. The number of allylic oxidation sites excluding steroid dienone is 1. The highest BCUT2D eigenvalue weighted by Gasteiger charge is 2.62. The highest BCUT2D eigenvalue weighted by atomic mass is 32.2. The Hall–Kier alpha value is -0.670. The van der Waals surface area contributed by atoms with E-state index in [0.29, 0.717) is 6.42 Å². The van der Waals surface area contributed by atoms with E-state index >= 15 is 0 Å². The topological polar surface area (TPSA) is 211 Å². The zero-order valence-electron chi connectivity index (χ0n) is 21.2. The second-order valence-electron chi connectivity index (χ2n) is 9.75. The van der Waals surface area contributed by atoms with Gasteiger partial charge in [0, 0.05) is 0 Å². The number of hydrogen-bond donors (Lipinski definition) is 8. The Morgan fingerprint density at radius 2 is 1.42 bits per heavy atom. The molecule has 8 atom stereocenters. The van der Waals surface area contributed by atoms with Crippen LogP contribution in [0.3, 0.4) is 0 Å². The molecule has 0 radical (unpaired) electrons. The van der Waals surface area contributed by atoms with Gasteiger partial charge in [-0.05, 0) is 12.8 Å². The minimum Gasteiger partial charge on any atom is -0.394 e. The maximum Gasteiger partial charge on any atom is 0.299 e. The van der Waals surface area contributed by atoms with Crippen molar-refractivity contribution in [2.24, 2.45) is 5.73 Å². The minimum absolute atomic E-state index is 0.575. The first-order chi connectivity index (χ1) is 16.9. The van der Waals surface area contributed by atoms with Crippen molar-refractivity contribution in [2.75, 3.05) is 6.61 Å². The lowest BCUT2D eigenvalue weighted by atomic mass is 9.88. The van der Waals surface area contributed by atoms with E-state index < -0.39 is 64.3 Å². The van der Waals surface area contributed by atoms with Crippen molar-refractivity contribution >= 4 is 10.1 Å².